The van der Waals surface area contributed by atoms with E-state index >= 15 is 0 Å². The molecule has 1 aliphatic rings. The largest absolute Gasteiger partial charge is 0.440 e. The third-order valence-electron chi connectivity index (χ3n) is 3.96. The number of amides is 1. The Balaban J connectivity index is 1.53. The van der Waals surface area contributed by atoms with E-state index in [4.69, 9.17) is 4.42 Å². The number of aromatic nitrogens is 1. The lowest BCUT2D eigenvalue weighted by atomic mass is 10.1. The summed E-state index contributed by atoms with van der Waals surface area (Å²) in [5, 5.41) is 12.8. The van der Waals surface area contributed by atoms with E-state index in [1.54, 1.807) is 42.5 Å². The second-order valence-electron chi connectivity index (χ2n) is 5.81. The Morgan fingerprint density at radius 1 is 1.22 bits per heavy atom. The van der Waals surface area contributed by atoms with Crippen molar-refractivity contribution in [3.05, 3.63) is 60.0 Å². The number of fused-ring (bicyclic) bond motifs is 1. The van der Waals surface area contributed by atoms with Crippen molar-refractivity contribution >= 4 is 22.7 Å². The first-order chi connectivity index (χ1) is 11.2. The van der Waals surface area contributed by atoms with Gasteiger partial charge in [-0.15, -0.1) is 0 Å². The van der Waals surface area contributed by atoms with E-state index in [0.717, 1.165) is 24.2 Å². The lowest BCUT2D eigenvalue weighted by Crippen LogP contribution is -2.20. The molecule has 0 bridgehead atoms. The quantitative estimate of drug-likeness (QED) is 0.775. The fourth-order valence-electron chi connectivity index (χ4n) is 2.53. The van der Waals surface area contributed by atoms with Crippen LogP contribution in [-0.2, 0) is 4.79 Å². The Labute approximate surface area is 133 Å². The van der Waals surface area contributed by atoms with Crippen molar-refractivity contribution in [1.82, 2.24) is 4.98 Å². The normalized spacial score (nSPS) is 15.5. The number of aliphatic hydroxyl groups is 1. The highest BCUT2D eigenvalue weighted by molar-refractivity contribution is 5.96. The van der Waals surface area contributed by atoms with Crippen molar-refractivity contribution in [3.8, 4) is 0 Å². The highest BCUT2D eigenvalue weighted by Gasteiger charge is 2.29. The molecule has 1 atom stereocenters. The van der Waals surface area contributed by atoms with Crippen LogP contribution in [0.25, 0.3) is 11.1 Å². The van der Waals surface area contributed by atoms with Crippen LogP contribution in [0.3, 0.4) is 0 Å². The fourth-order valence-corrected chi connectivity index (χ4v) is 2.53. The number of nitrogens with one attached hydrogen (secondary N) is 1. The van der Waals surface area contributed by atoms with Crippen LogP contribution in [0.15, 0.2) is 52.9 Å². The van der Waals surface area contributed by atoms with Crippen LogP contribution in [0.5, 0.6) is 0 Å². The summed E-state index contributed by atoms with van der Waals surface area (Å²) in [6, 6.07) is 14.1. The monoisotopic (exact) mass is 308 g/mol. The van der Waals surface area contributed by atoms with Gasteiger partial charge >= 0.3 is 0 Å². The molecule has 1 aliphatic carbocycles. The van der Waals surface area contributed by atoms with E-state index in [1.807, 2.05) is 6.07 Å². The molecule has 1 saturated carbocycles. The first-order valence-electron chi connectivity index (χ1n) is 7.65. The van der Waals surface area contributed by atoms with E-state index in [2.05, 4.69) is 10.3 Å². The predicted octanol–water partition coefficient (Wildman–Crippen LogP) is 3.38. The van der Waals surface area contributed by atoms with E-state index < -0.39 is 12.0 Å². The van der Waals surface area contributed by atoms with E-state index in [-0.39, 0.29) is 0 Å². The van der Waals surface area contributed by atoms with Crippen molar-refractivity contribution in [2.45, 2.75) is 24.9 Å². The molecule has 2 aromatic carbocycles. The smallest absolute Gasteiger partial charge is 0.257 e. The van der Waals surface area contributed by atoms with Crippen LogP contribution < -0.4 is 5.32 Å². The molecule has 1 amide bonds. The van der Waals surface area contributed by atoms with Gasteiger partial charge in [0.25, 0.3) is 5.91 Å². The van der Waals surface area contributed by atoms with Gasteiger partial charge in [0.2, 0.25) is 0 Å². The van der Waals surface area contributed by atoms with E-state index in [1.165, 1.54) is 0 Å². The van der Waals surface area contributed by atoms with Gasteiger partial charge in [0.05, 0.1) is 0 Å². The summed E-state index contributed by atoms with van der Waals surface area (Å²) in [4.78, 5) is 16.6. The minimum absolute atomic E-state index is 0.445. The molecule has 1 unspecified atom stereocenters. The average molecular weight is 308 g/mol. The highest BCUT2D eigenvalue weighted by atomic mass is 16.3. The highest BCUT2D eigenvalue weighted by Crippen LogP contribution is 2.40. The summed E-state index contributed by atoms with van der Waals surface area (Å²) in [6.07, 6.45) is 1.05. The van der Waals surface area contributed by atoms with Gasteiger partial charge in [-0.1, -0.05) is 30.3 Å². The number of benzene rings is 2. The Hall–Kier alpha value is -2.66. The van der Waals surface area contributed by atoms with Gasteiger partial charge in [0.1, 0.15) is 5.52 Å². The first-order valence-corrected chi connectivity index (χ1v) is 7.65. The number of carbonyl (C=O) groups excluding carboxylic acids is 1. The SMILES string of the molecule is O=C(Nc1ccc2oc(C3CC3)nc2c1)C(O)c1ccccc1. The number of nitrogens with zero attached hydrogens (tertiary/aromatic N) is 1. The van der Waals surface area contributed by atoms with Crippen LogP contribution in [0, 0.1) is 0 Å². The van der Waals surface area contributed by atoms with Gasteiger partial charge in [0, 0.05) is 11.6 Å². The molecule has 2 N–H and O–H groups in total. The number of carbonyl (C=O) groups is 1. The van der Waals surface area contributed by atoms with Crippen LogP contribution in [0.4, 0.5) is 5.69 Å². The van der Waals surface area contributed by atoms with Crippen LogP contribution in [-0.4, -0.2) is 16.0 Å². The molecule has 116 valence electrons. The average Bonchev–Trinajstić information content (AvgIpc) is 3.34. The number of hydrogen-bond acceptors (Lipinski definition) is 4. The molecule has 1 heterocycles. The third-order valence-corrected chi connectivity index (χ3v) is 3.96. The van der Waals surface area contributed by atoms with Gasteiger partial charge in [-0.05, 0) is 36.6 Å². The number of aliphatic hydroxyl groups excluding tert-OH is 1. The van der Waals surface area contributed by atoms with Gasteiger partial charge < -0.3 is 14.8 Å². The first kappa shape index (κ1) is 14.0. The van der Waals surface area contributed by atoms with Crippen molar-refractivity contribution < 1.29 is 14.3 Å². The summed E-state index contributed by atoms with van der Waals surface area (Å²) in [6.45, 7) is 0. The van der Waals surface area contributed by atoms with E-state index in [9.17, 15) is 9.90 Å². The lowest BCUT2D eigenvalue weighted by Gasteiger charge is -2.11. The molecule has 1 aromatic heterocycles. The maximum absolute atomic E-state index is 12.2. The maximum atomic E-state index is 12.2. The van der Waals surface area contributed by atoms with Crippen molar-refractivity contribution in [2.75, 3.05) is 5.32 Å². The molecule has 5 nitrogen and oxygen atoms in total. The fraction of sp³-hybridized carbons (Fsp3) is 0.222. The maximum Gasteiger partial charge on any atom is 0.257 e. The van der Waals surface area contributed by atoms with Crippen LogP contribution >= 0.6 is 0 Å². The zero-order chi connectivity index (χ0) is 15.8. The minimum Gasteiger partial charge on any atom is -0.440 e. The zero-order valence-corrected chi connectivity index (χ0v) is 12.4. The number of hydrogen-bond donors (Lipinski definition) is 2. The molecule has 0 saturated heterocycles. The van der Waals surface area contributed by atoms with Crippen molar-refractivity contribution in [3.63, 3.8) is 0 Å². The second kappa shape index (κ2) is 5.52. The standard InChI is InChI=1S/C18H16N2O3/c21-16(11-4-2-1-3-5-11)17(22)19-13-8-9-15-14(10-13)20-18(23-15)12-6-7-12/h1-5,8-10,12,16,21H,6-7H2,(H,19,22). The van der Waals surface area contributed by atoms with E-state index in [0.29, 0.717) is 22.8 Å². The summed E-state index contributed by atoms with van der Waals surface area (Å²) in [7, 11) is 0. The molecule has 3 aromatic rings. The molecule has 0 radical (unpaired) electrons. The predicted molar refractivity (Wildman–Crippen MR) is 86.0 cm³/mol. The number of oxazole rings is 1. The van der Waals surface area contributed by atoms with Gasteiger partial charge in [-0.3, -0.25) is 4.79 Å². The summed E-state index contributed by atoms with van der Waals surface area (Å²) >= 11 is 0. The zero-order valence-electron chi connectivity index (χ0n) is 12.4. The topological polar surface area (TPSA) is 75.4 Å². The molecular formula is C18H16N2O3. The van der Waals surface area contributed by atoms with Crippen LogP contribution in [0.2, 0.25) is 0 Å². The molecule has 0 aliphatic heterocycles. The second-order valence-corrected chi connectivity index (χ2v) is 5.81. The molecule has 4 rings (SSSR count). The van der Waals surface area contributed by atoms with Crippen molar-refractivity contribution in [1.29, 1.82) is 0 Å². The molecule has 5 heteroatoms. The lowest BCUT2D eigenvalue weighted by molar-refractivity contribution is -0.124. The third kappa shape index (κ3) is 2.83. The number of anilines is 1. The molecule has 1 fully saturated rings. The minimum atomic E-state index is -1.20. The van der Waals surface area contributed by atoms with Gasteiger partial charge in [-0.2, -0.15) is 0 Å². The Kier molecular flexibility index (Phi) is 3.35. The number of rotatable bonds is 4. The van der Waals surface area contributed by atoms with Crippen molar-refractivity contribution in [2.24, 2.45) is 0 Å². The Morgan fingerprint density at radius 2 is 2.00 bits per heavy atom. The summed E-state index contributed by atoms with van der Waals surface area (Å²) in [5.74, 6) is 0.745. The summed E-state index contributed by atoms with van der Waals surface area (Å²) in [5.41, 5.74) is 2.59. The van der Waals surface area contributed by atoms with Crippen LogP contribution in [0.1, 0.15) is 36.3 Å². The molecule has 23 heavy (non-hydrogen) atoms. The molecule has 0 spiro atoms. The Bertz CT molecular complexity index is 853. The summed E-state index contributed by atoms with van der Waals surface area (Å²) < 4.78 is 5.70. The molecular weight excluding hydrogens is 292 g/mol. The van der Waals surface area contributed by atoms with Gasteiger partial charge in [-0.25, -0.2) is 4.98 Å². The van der Waals surface area contributed by atoms with Gasteiger partial charge in [0.15, 0.2) is 17.6 Å². The Morgan fingerprint density at radius 3 is 2.74 bits per heavy atom.